The highest BCUT2D eigenvalue weighted by atomic mass is 127. The van der Waals surface area contributed by atoms with E-state index in [0.29, 0.717) is 17.6 Å². The zero-order chi connectivity index (χ0) is 21.2. The van der Waals surface area contributed by atoms with E-state index in [1.54, 1.807) is 0 Å². The number of allylic oxidation sites excluding steroid dienone is 1. The van der Waals surface area contributed by atoms with Gasteiger partial charge in [0.25, 0.3) is 0 Å². The Morgan fingerprint density at radius 1 is 0.938 bits per heavy atom. The SMILES string of the molecule is C[C@]12CC[C@H]([N+]3(C)CCCC3)CC1=CC[C@@H]1[C@@H]2CC[C@@]2(C)[C@H]1CCC[N+]2(C)CCO.[I-].[I-]. The summed E-state index contributed by atoms with van der Waals surface area (Å²) >= 11 is 0. The number of rotatable bonds is 3. The van der Waals surface area contributed by atoms with E-state index in [4.69, 9.17) is 0 Å². The second-order valence-electron chi connectivity index (χ2n) is 12.9. The first kappa shape index (κ1) is 27.7. The van der Waals surface area contributed by atoms with Gasteiger partial charge in [0.2, 0.25) is 0 Å². The minimum absolute atomic E-state index is 0. The molecule has 1 unspecified atom stereocenters. The molecular formula is C27H48I2N2O. The molecule has 2 saturated heterocycles. The van der Waals surface area contributed by atoms with Crippen molar-refractivity contribution in [1.29, 1.82) is 0 Å². The smallest absolute Gasteiger partial charge is 0.102 e. The predicted molar refractivity (Wildman–Crippen MR) is 124 cm³/mol. The summed E-state index contributed by atoms with van der Waals surface area (Å²) < 4.78 is 2.47. The van der Waals surface area contributed by atoms with Gasteiger partial charge in [-0.3, -0.25) is 0 Å². The highest BCUT2D eigenvalue weighted by Gasteiger charge is 2.62. The van der Waals surface area contributed by atoms with Crippen LogP contribution in [-0.4, -0.2) is 72.5 Å². The zero-order valence-corrected chi connectivity index (χ0v) is 25.4. The van der Waals surface area contributed by atoms with Crippen LogP contribution in [0.25, 0.3) is 0 Å². The van der Waals surface area contributed by atoms with Crippen molar-refractivity contribution in [1.82, 2.24) is 0 Å². The van der Waals surface area contributed by atoms with Gasteiger partial charge in [0.05, 0.1) is 51.9 Å². The number of halogens is 2. The van der Waals surface area contributed by atoms with E-state index in [0.717, 1.165) is 34.8 Å². The molecule has 186 valence electrons. The third-order valence-corrected chi connectivity index (χ3v) is 11.9. The lowest BCUT2D eigenvalue weighted by Crippen LogP contribution is -3.00. The Balaban J connectivity index is 0.00000144. The standard InChI is InChI=1S/C27H48N2O.2HI/c1-26-13-11-22(28(3)15-5-6-16-28)20-21(26)9-10-23-24(26)12-14-27(2)25(23)8-7-17-29(27,4)18-19-30;;/h9,22-25,30H,5-8,10-20H2,1-4H3;2*1H/q+2;;/p-2/t22-,23+,24-,25-,26-,27-,29?;;/m0../s1. The summed E-state index contributed by atoms with van der Waals surface area (Å²) in [6, 6.07) is 0.886. The maximum absolute atomic E-state index is 9.83. The van der Waals surface area contributed by atoms with Crippen LogP contribution in [0.1, 0.15) is 78.1 Å². The molecule has 0 aromatic heterocycles. The highest BCUT2D eigenvalue weighted by Crippen LogP contribution is 2.63. The molecule has 7 atom stereocenters. The van der Waals surface area contributed by atoms with Crippen molar-refractivity contribution in [3.05, 3.63) is 11.6 Å². The van der Waals surface area contributed by atoms with Crippen molar-refractivity contribution in [3.8, 4) is 0 Å². The van der Waals surface area contributed by atoms with Crippen molar-refractivity contribution in [2.75, 3.05) is 46.9 Å². The minimum atomic E-state index is 0. The molecule has 2 aliphatic heterocycles. The van der Waals surface area contributed by atoms with E-state index in [1.807, 2.05) is 5.57 Å². The zero-order valence-electron chi connectivity index (χ0n) is 21.1. The molecule has 5 aliphatic rings. The number of likely N-dealkylation sites (tertiary alicyclic amines) is 2. The number of quaternary nitrogens is 2. The highest BCUT2D eigenvalue weighted by molar-refractivity contribution is 5.25. The first-order chi connectivity index (χ1) is 14.3. The van der Waals surface area contributed by atoms with Gasteiger partial charge >= 0.3 is 0 Å². The molecule has 0 radical (unpaired) electrons. The molecule has 3 nitrogen and oxygen atoms in total. The molecule has 3 aliphatic carbocycles. The fourth-order valence-corrected chi connectivity index (χ4v) is 9.60. The molecule has 0 bridgehead atoms. The Labute approximate surface area is 232 Å². The fraction of sp³-hybridized carbons (Fsp3) is 0.926. The maximum atomic E-state index is 9.83. The molecule has 4 fully saturated rings. The van der Waals surface area contributed by atoms with Gasteiger partial charge in [-0.05, 0) is 56.3 Å². The van der Waals surface area contributed by atoms with Gasteiger partial charge in [-0.2, -0.15) is 0 Å². The second-order valence-corrected chi connectivity index (χ2v) is 12.9. The second kappa shape index (κ2) is 9.85. The molecule has 2 saturated carbocycles. The molecule has 5 heteroatoms. The van der Waals surface area contributed by atoms with Crippen LogP contribution >= 0.6 is 0 Å². The molecule has 2 heterocycles. The topological polar surface area (TPSA) is 20.2 Å². The van der Waals surface area contributed by atoms with Crippen LogP contribution < -0.4 is 48.0 Å². The van der Waals surface area contributed by atoms with Gasteiger partial charge in [0.1, 0.15) is 6.54 Å². The minimum Gasteiger partial charge on any atom is -1.00 e. The Kier molecular flexibility index (Phi) is 8.52. The molecular weight excluding hydrogens is 622 g/mol. The van der Waals surface area contributed by atoms with Gasteiger partial charge in [-0.15, -0.1) is 0 Å². The predicted octanol–water partition coefficient (Wildman–Crippen LogP) is -1.24. The van der Waals surface area contributed by atoms with Crippen LogP contribution in [-0.2, 0) is 0 Å². The summed E-state index contributed by atoms with van der Waals surface area (Å²) in [7, 11) is 5.01. The van der Waals surface area contributed by atoms with Gasteiger partial charge in [-0.1, -0.05) is 18.6 Å². The Bertz CT molecular complexity index is 704. The first-order valence-electron chi connectivity index (χ1n) is 13.3. The van der Waals surface area contributed by atoms with E-state index in [1.165, 1.54) is 88.3 Å². The van der Waals surface area contributed by atoms with Crippen LogP contribution in [0, 0.1) is 23.2 Å². The van der Waals surface area contributed by atoms with Crippen LogP contribution in [0.5, 0.6) is 0 Å². The summed E-state index contributed by atoms with van der Waals surface area (Å²) in [5, 5.41) is 9.83. The summed E-state index contributed by atoms with van der Waals surface area (Å²) in [6.07, 6.45) is 16.8. The molecule has 0 aromatic rings. The number of nitrogens with zero attached hydrogens (tertiary/aromatic N) is 2. The summed E-state index contributed by atoms with van der Waals surface area (Å²) in [6.45, 7) is 10.7. The Hall–Kier alpha value is 1.08. The number of aliphatic hydroxyl groups is 1. The lowest BCUT2D eigenvalue weighted by molar-refractivity contribution is -0.969. The molecule has 1 N–H and O–H groups in total. The average molecular weight is 671 g/mol. The van der Waals surface area contributed by atoms with Crippen molar-refractivity contribution in [2.24, 2.45) is 23.2 Å². The van der Waals surface area contributed by atoms with Crippen LogP contribution in [0.15, 0.2) is 11.6 Å². The van der Waals surface area contributed by atoms with Gasteiger partial charge < -0.3 is 62.0 Å². The maximum Gasteiger partial charge on any atom is 0.102 e. The Morgan fingerprint density at radius 2 is 1.66 bits per heavy atom. The average Bonchev–Trinajstić information content (AvgIpc) is 3.16. The third-order valence-electron chi connectivity index (χ3n) is 11.9. The van der Waals surface area contributed by atoms with Gasteiger partial charge in [0, 0.05) is 38.0 Å². The fourth-order valence-electron chi connectivity index (χ4n) is 9.60. The summed E-state index contributed by atoms with van der Waals surface area (Å²) in [4.78, 5) is 0. The number of piperidine rings is 1. The lowest BCUT2D eigenvalue weighted by atomic mass is 9.47. The number of hydrogen-bond acceptors (Lipinski definition) is 1. The van der Waals surface area contributed by atoms with Crippen LogP contribution in [0.3, 0.4) is 0 Å². The number of hydrogen-bond donors (Lipinski definition) is 1. The van der Waals surface area contributed by atoms with E-state index < -0.39 is 0 Å². The number of aliphatic hydroxyl groups excluding tert-OH is 1. The van der Waals surface area contributed by atoms with Crippen molar-refractivity contribution >= 4 is 0 Å². The van der Waals surface area contributed by atoms with Crippen molar-refractivity contribution < 1.29 is 62.0 Å². The van der Waals surface area contributed by atoms with Gasteiger partial charge in [-0.25, -0.2) is 0 Å². The molecule has 32 heavy (non-hydrogen) atoms. The first-order valence-corrected chi connectivity index (χ1v) is 13.3. The quantitative estimate of drug-likeness (QED) is 0.227. The van der Waals surface area contributed by atoms with E-state index >= 15 is 0 Å². The Morgan fingerprint density at radius 3 is 2.34 bits per heavy atom. The lowest BCUT2D eigenvalue weighted by Gasteiger charge is -2.64. The number of fused-ring (bicyclic) bond motifs is 5. The molecule has 0 spiro atoms. The van der Waals surface area contributed by atoms with E-state index in [-0.39, 0.29) is 48.0 Å². The molecule has 5 rings (SSSR count). The molecule has 0 aromatic carbocycles. The normalized spacial score (nSPS) is 47.1. The van der Waals surface area contributed by atoms with Crippen molar-refractivity contribution in [3.63, 3.8) is 0 Å². The van der Waals surface area contributed by atoms with Gasteiger partial charge in [0.15, 0.2) is 0 Å². The summed E-state index contributed by atoms with van der Waals surface area (Å²) in [5.41, 5.74) is 2.70. The van der Waals surface area contributed by atoms with Crippen molar-refractivity contribution in [2.45, 2.75) is 89.6 Å². The number of likely N-dealkylation sites (N-methyl/N-ethyl adjacent to an activating group) is 1. The third kappa shape index (κ3) is 4.07. The summed E-state index contributed by atoms with van der Waals surface area (Å²) in [5.74, 6) is 2.63. The van der Waals surface area contributed by atoms with E-state index in [2.05, 4.69) is 34.0 Å². The van der Waals surface area contributed by atoms with Crippen LogP contribution in [0.2, 0.25) is 0 Å². The van der Waals surface area contributed by atoms with E-state index in [9.17, 15) is 5.11 Å². The largest absolute Gasteiger partial charge is 1.00 e. The van der Waals surface area contributed by atoms with Crippen LogP contribution in [0.4, 0.5) is 0 Å². The molecule has 0 amide bonds. The monoisotopic (exact) mass is 670 g/mol.